The zero-order valence-corrected chi connectivity index (χ0v) is 13.8. The normalized spacial score (nSPS) is 16.5. The van der Waals surface area contributed by atoms with Crippen LogP contribution < -0.4 is 4.72 Å². The minimum absolute atomic E-state index is 0.0218. The van der Waals surface area contributed by atoms with Crippen LogP contribution in [-0.2, 0) is 15.4 Å². The molecule has 22 heavy (non-hydrogen) atoms. The molecule has 0 saturated heterocycles. The van der Waals surface area contributed by atoms with Gasteiger partial charge >= 0.3 is 0 Å². The van der Waals surface area contributed by atoms with Crippen LogP contribution in [0.1, 0.15) is 29.5 Å². The van der Waals surface area contributed by atoms with Gasteiger partial charge in [0.25, 0.3) is 0 Å². The summed E-state index contributed by atoms with van der Waals surface area (Å²) in [6.07, 6.45) is 2.07. The Bertz CT molecular complexity index is 778. The summed E-state index contributed by atoms with van der Waals surface area (Å²) in [6, 6.07) is 15.7. The van der Waals surface area contributed by atoms with Gasteiger partial charge in [0.1, 0.15) is 0 Å². The average Bonchev–Trinajstić information content (AvgIpc) is 3.30. The Hall–Kier alpha value is -1.65. The molecule has 3 nitrogen and oxygen atoms in total. The van der Waals surface area contributed by atoms with Gasteiger partial charge < -0.3 is 0 Å². The number of sulfonamides is 1. The van der Waals surface area contributed by atoms with Crippen LogP contribution in [-0.4, -0.2) is 15.0 Å². The molecule has 2 aromatic carbocycles. The smallest absolute Gasteiger partial charge is 0.210 e. The van der Waals surface area contributed by atoms with Gasteiger partial charge in [0.15, 0.2) is 0 Å². The fourth-order valence-electron chi connectivity index (χ4n) is 2.82. The Kier molecular flexibility index (Phi) is 3.83. The molecule has 0 unspecified atom stereocenters. The SMILES string of the molecule is Cc1ccc(C)c(S(=O)(=O)NCC2(c3ccccc3)CC2)c1. The van der Waals surface area contributed by atoms with Gasteiger partial charge in [-0.05, 0) is 49.4 Å². The number of hydrogen-bond donors (Lipinski definition) is 1. The van der Waals surface area contributed by atoms with Crippen LogP contribution in [0, 0.1) is 13.8 Å². The van der Waals surface area contributed by atoms with Crippen molar-refractivity contribution in [2.24, 2.45) is 0 Å². The van der Waals surface area contributed by atoms with E-state index in [1.807, 2.05) is 44.2 Å². The van der Waals surface area contributed by atoms with Gasteiger partial charge in [-0.25, -0.2) is 13.1 Å². The largest absolute Gasteiger partial charge is 0.240 e. The first-order valence-corrected chi connectivity index (χ1v) is 9.04. The molecule has 1 aliphatic rings. The molecule has 116 valence electrons. The van der Waals surface area contributed by atoms with Crippen LogP contribution in [0.3, 0.4) is 0 Å². The molecule has 2 aromatic rings. The van der Waals surface area contributed by atoms with Crippen LogP contribution in [0.25, 0.3) is 0 Å². The second-order valence-electron chi connectivity index (χ2n) is 6.24. The highest BCUT2D eigenvalue weighted by Gasteiger charge is 2.44. The van der Waals surface area contributed by atoms with E-state index >= 15 is 0 Å². The summed E-state index contributed by atoms with van der Waals surface area (Å²) in [6.45, 7) is 4.20. The molecule has 0 radical (unpaired) electrons. The molecule has 1 N–H and O–H groups in total. The van der Waals surface area contributed by atoms with E-state index in [1.165, 1.54) is 5.56 Å². The van der Waals surface area contributed by atoms with E-state index in [1.54, 1.807) is 6.07 Å². The van der Waals surface area contributed by atoms with Crippen molar-refractivity contribution in [1.82, 2.24) is 4.72 Å². The molecule has 0 amide bonds. The van der Waals surface area contributed by atoms with E-state index in [9.17, 15) is 8.42 Å². The van der Waals surface area contributed by atoms with Gasteiger partial charge in [-0.2, -0.15) is 0 Å². The van der Waals surface area contributed by atoms with Gasteiger partial charge in [0.2, 0.25) is 10.0 Å². The van der Waals surface area contributed by atoms with E-state index < -0.39 is 10.0 Å². The van der Waals surface area contributed by atoms with Crippen molar-refractivity contribution in [3.63, 3.8) is 0 Å². The summed E-state index contributed by atoms with van der Waals surface area (Å²) >= 11 is 0. The van der Waals surface area contributed by atoms with Crippen molar-refractivity contribution in [2.75, 3.05) is 6.54 Å². The Morgan fingerprint density at radius 2 is 1.73 bits per heavy atom. The van der Waals surface area contributed by atoms with Crippen LogP contribution in [0.15, 0.2) is 53.4 Å². The van der Waals surface area contributed by atoms with Crippen LogP contribution in [0.4, 0.5) is 0 Å². The molecule has 0 aliphatic heterocycles. The van der Waals surface area contributed by atoms with Gasteiger partial charge in [-0.3, -0.25) is 0 Å². The Morgan fingerprint density at radius 1 is 1.05 bits per heavy atom. The average molecular weight is 315 g/mol. The van der Waals surface area contributed by atoms with Crippen molar-refractivity contribution in [1.29, 1.82) is 0 Å². The highest BCUT2D eigenvalue weighted by Crippen LogP contribution is 2.47. The molecule has 0 spiro atoms. The summed E-state index contributed by atoms with van der Waals surface area (Å²) < 4.78 is 28.0. The monoisotopic (exact) mass is 315 g/mol. The van der Waals surface area contributed by atoms with Crippen molar-refractivity contribution >= 4 is 10.0 Å². The van der Waals surface area contributed by atoms with Crippen molar-refractivity contribution in [2.45, 2.75) is 37.0 Å². The molecule has 3 rings (SSSR count). The molecule has 0 heterocycles. The summed E-state index contributed by atoms with van der Waals surface area (Å²) in [7, 11) is -3.46. The zero-order chi connectivity index (χ0) is 15.8. The molecular weight excluding hydrogens is 294 g/mol. The maximum absolute atomic E-state index is 12.6. The molecule has 1 saturated carbocycles. The number of benzene rings is 2. The van der Waals surface area contributed by atoms with Gasteiger partial charge in [-0.1, -0.05) is 42.5 Å². The predicted octanol–water partition coefficient (Wildman–Crippen LogP) is 3.31. The predicted molar refractivity (Wildman–Crippen MR) is 88.5 cm³/mol. The first-order valence-electron chi connectivity index (χ1n) is 7.55. The fraction of sp³-hybridized carbons (Fsp3) is 0.333. The summed E-state index contributed by atoms with van der Waals surface area (Å²) in [4.78, 5) is 0.386. The molecule has 0 aromatic heterocycles. The number of rotatable bonds is 5. The van der Waals surface area contributed by atoms with E-state index in [2.05, 4.69) is 16.9 Å². The second-order valence-corrected chi connectivity index (χ2v) is 7.98. The Morgan fingerprint density at radius 3 is 2.36 bits per heavy atom. The van der Waals surface area contributed by atoms with Gasteiger partial charge in [-0.15, -0.1) is 0 Å². The van der Waals surface area contributed by atoms with E-state index in [-0.39, 0.29) is 5.41 Å². The second kappa shape index (κ2) is 5.52. The topological polar surface area (TPSA) is 46.2 Å². The summed E-state index contributed by atoms with van der Waals surface area (Å²) in [5.41, 5.74) is 2.93. The summed E-state index contributed by atoms with van der Waals surface area (Å²) in [5, 5.41) is 0. The Balaban J connectivity index is 1.80. The molecule has 0 atom stereocenters. The van der Waals surface area contributed by atoms with E-state index in [4.69, 9.17) is 0 Å². The number of aryl methyl sites for hydroxylation is 2. The Labute approximate surface area is 132 Å². The molecule has 4 heteroatoms. The van der Waals surface area contributed by atoms with Crippen LogP contribution in [0.5, 0.6) is 0 Å². The molecular formula is C18H21NO2S. The standard InChI is InChI=1S/C18H21NO2S/c1-14-8-9-15(2)17(12-14)22(20,21)19-13-18(10-11-18)16-6-4-3-5-7-16/h3-9,12,19H,10-11,13H2,1-2H3. The van der Waals surface area contributed by atoms with Crippen LogP contribution in [0.2, 0.25) is 0 Å². The maximum Gasteiger partial charge on any atom is 0.240 e. The first kappa shape index (κ1) is 15.3. The summed E-state index contributed by atoms with van der Waals surface area (Å²) in [5.74, 6) is 0. The first-order chi connectivity index (χ1) is 10.4. The van der Waals surface area contributed by atoms with Crippen molar-refractivity contribution < 1.29 is 8.42 Å². The maximum atomic E-state index is 12.6. The third-order valence-corrected chi connectivity index (χ3v) is 6.02. The number of hydrogen-bond acceptors (Lipinski definition) is 2. The van der Waals surface area contributed by atoms with Crippen molar-refractivity contribution in [3.8, 4) is 0 Å². The number of nitrogens with one attached hydrogen (secondary N) is 1. The fourth-order valence-corrected chi connectivity index (χ4v) is 4.27. The minimum atomic E-state index is -3.46. The van der Waals surface area contributed by atoms with Crippen molar-refractivity contribution in [3.05, 3.63) is 65.2 Å². The zero-order valence-electron chi connectivity index (χ0n) is 13.0. The third-order valence-electron chi connectivity index (χ3n) is 4.47. The molecule has 1 fully saturated rings. The lowest BCUT2D eigenvalue weighted by Gasteiger charge is -2.17. The van der Waals surface area contributed by atoms with Gasteiger partial charge in [0.05, 0.1) is 4.90 Å². The molecule has 1 aliphatic carbocycles. The molecule has 0 bridgehead atoms. The van der Waals surface area contributed by atoms with Gasteiger partial charge in [0, 0.05) is 12.0 Å². The highest BCUT2D eigenvalue weighted by atomic mass is 32.2. The lowest BCUT2D eigenvalue weighted by Crippen LogP contribution is -2.32. The highest BCUT2D eigenvalue weighted by molar-refractivity contribution is 7.89. The third kappa shape index (κ3) is 2.94. The minimum Gasteiger partial charge on any atom is -0.210 e. The lowest BCUT2D eigenvalue weighted by molar-refractivity contribution is 0.566. The lowest BCUT2D eigenvalue weighted by atomic mass is 9.96. The van der Waals surface area contributed by atoms with E-state index in [0.717, 1.165) is 24.0 Å². The van der Waals surface area contributed by atoms with E-state index in [0.29, 0.717) is 11.4 Å². The van der Waals surface area contributed by atoms with Crippen LogP contribution >= 0.6 is 0 Å². The quantitative estimate of drug-likeness (QED) is 0.920.